The molecule has 2 aromatic rings. The van der Waals surface area contributed by atoms with Crippen LogP contribution < -0.4 is 14.4 Å². The van der Waals surface area contributed by atoms with Crippen LogP contribution in [0.2, 0.25) is 0 Å². The molecule has 3 heterocycles. The summed E-state index contributed by atoms with van der Waals surface area (Å²) in [6, 6.07) is 8.83. The van der Waals surface area contributed by atoms with Gasteiger partial charge in [0.05, 0.1) is 11.6 Å². The molecule has 1 fully saturated rings. The van der Waals surface area contributed by atoms with Crippen LogP contribution in [-0.2, 0) is 16.0 Å². The Balaban J connectivity index is 1.58. The second-order valence-electron chi connectivity index (χ2n) is 5.57. The molecule has 2 aliphatic heterocycles. The van der Waals surface area contributed by atoms with E-state index < -0.39 is 0 Å². The van der Waals surface area contributed by atoms with Crippen LogP contribution >= 0.6 is 0 Å². The molecular formula is C17H14N2O4. The molecule has 1 saturated heterocycles. The SMILES string of the molecule is O=C1CC(Cc2cccnc2)C(=O)N1c1ccc2c(c1)OCO2. The van der Waals surface area contributed by atoms with E-state index in [1.54, 1.807) is 30.6 Å². The van der Waals surface area contributed by atoms with Gasteiger partial charge in [-0.2, -0.15) is 0 Å². The number of hydrogen-bond donors (Lipinski definition) is 0. The first kappa shape index (κ1) is 13.8. The molecule has 0 spiro atoms. The molecule has 1 aromatic heterocycles. The minimum Gasteiger partial charge on any atom is -0.454 e. The molecule has 23 heavy (non-hydrogen) atoms. The van der Waals surface area contributed by atoms with Crippen LogP contribution in [0.15, 0.2) is 42.7 Å². The highest BCUT2D eigenvalue weighted by atomic mass is 16.7. The molecule has 1 unspecified atom stereocenters. The summed E-state index contributed by atoms with van der Waals surface area (Å²) in [6.07, 6.45) is 4.13. The normalized spacial score (nSPS) is 19.5. The van der Waals surface area contributed by atoms with Gasteiger partial charge in [-0.3, -0.25) is 19.5 Å². The Bertz CT molecular complexity index is 775. The minimum absolute atomic E-state index is 0.157. The van der Waals surface area contributed by atoms with E-state index >= 15 is 0 Å². The van der Waals surface area contributed by atoms with Gasteiger partial charge in [-0.25, -0.2) is 0 Å². The van der Waals surface area contributed by atoms with Crippen molar-refractivity contribution in [3.63, 3.8) is 0 Å². The van der Waals surface area contributed by atoms with Crippen LogP contribution in [0.25, 0.3) is 0 Å². The smallest absolute Gasteiger partial charge is 0.237 e. The largest absolute Gasteiger partial charge is 0.454 e. The van der Waals surface area contributed by atoms with Crippen molar-refractivity contribution >= 4 is 17.5 Å². The summed E-state index contributed by atoms with van der Waals surface area (Å²) in [5.74, 6) is 0.455. The van der Waals surface area contributed by atoms with Crippen molar-refractivity contribution in [1.82, 2.24) is 4.98 Å². The molecule has 6 heteroatoms. The first-order valence-electron chi connectivity index (χ1n) is 7.38. The highest BCUT2D eigenvalue weighted by Gasteiger charge is 2.39. The topological polar surface area (TPSA) is 68.7 Å². The van der Waals surface area contributed by atoms with Gasteiger partial charge >= 0.3 is 0 Å². The fourth-order valence-electron chi connectivity index (χ4n) is 2.95. The van der Waals surface area contributed by atoms with Gasteiger partial charge in [0.1, 0.15) is 0 Å². The molecule has 1 atom stereocenters. The Hall–Kier alpha value is -2.89. The lowest BCUT2D eigenvalue weighted by Gasteiger charge is -2.15. The number of nitrogens with zero attached hydrogens (tertiary/aromatic N) is 2. The first-order chi connectivity index (χ1) is 11.2. The van der Waals surface area contributed by atoms with E-state index in [1.165, 1.54) is 4.90 Å². The third kappa shape index (κ3) is 2.42. The Morgan fingerprint density at radius 1 is 1.17 bits per heavy atom. The average Bonchev–Trinajstić information content (AvgIpc) is 3.13. The zero-order valence-electron chi connectivity index (χ0n) is 12.3. The van der Waals surface area contributed by atoms with E-state index in [2.05, 4.69) is 4.98 Å². The Morgan fingerprint density at radius 2 is 2.04 bits per heavy atom. The van der Waals surface area contributed by atoms with E-state index in [9.17, 15) is 9.59 Å². The number of ether oxygens (including phenoxy) is 2. The molecule has 2 aliphatic rings. The van der Waals surface area contributed by atoms with Crippen molar-refractivity contribution in [2.45, 2.75) is 12.8 Å². The van der Waals surface area contributed by atoms with Crippen molar-refractivity contribution in [2.75, 3.05) is 11.7 Å². The molecule has 0 N–H and O–H groups in total. The zero-order chi connectivity index (χ0) is 15.8. The molecule has 4 rings (SSSR count). The summed E-state index contributed by atoms with van der Waals surface area (Å²) in [5, 5.41) is 0. The molecular weight excluding hydrogens is 296 g/mol. The summed E-state index contributed by atoms with van der Waals surface area (Å²) in [6.45, 7) is 0.157. The van der Waals surface area contributed by atoms with Crippen molar-refractivity contribution in [1.29, 1.82) is 0 Å². The highest BCUT2D eigenvalue weighted by molar-refractivity contribution is 6.21. The third-order valence-corrected chi connectivity index (χ3v) is 4.06. The lowest BCUT2D eigenvalue weighted by molar-refractivity contribution is -0.122. The van der Waals surface area contributed by atoms with Gasteiger partial charge in [-0.15, -0.1) is 0 Å². The summed E-state index contributed by atoms with van der Waals surface area (Å²) < 4.78 is 10.6. The lowest BCUT2D eigenvalue weighted by atomic mass is 9.99. The van der Waals surface area contributed by atoms with Crippen LogP contribution in [0.1, 0.15) is 12.0 Å². The number of carbonyl (C=O) groups is 2. The number of amides is 2. The number of anilines is 1. The number of carbonyl (C=O) groups excluding carboxylic acids is 2. The van der Waals surface area contributed by atoms with Gasteiger partial charge in [-0.1, -0.05) is 6.07 Å². The van der Waals surface area contributed by atoms with Crippen LogP contribution in [0.4, 0.5) is 5.69 Å². The van der Waals surface area contributed by atoms with Crippen LogP contribution in [0.5, 0.6) is 11.5 Å². The molecule has 1 aromatic carbocycles. The summed E-state index contributed by atoms with van der Waals surface area (Å²) in [7, 11) is 0. The Kier molecular flexibility index (Phi) is 3.22. The predicted molar refractivity (Wildman–Crippen MR) is 81.1 cm³/mol. The van der Waals surface area contributed by atoms with Gasteiger partial charge in [-0.05, 0) is 30.2 Å². The van der Waals surface area contributed by atoms with Gasteiger partial charge in [0.25, 0.3) is 0 Å². The molecule has 6 nitrogen and oxygen atoms in total. The summed E-state index contributed by atoms with van der Waals surface area (Å²) in [5.41, 5.74) is 1.48. The summed E-state index contributed by atoms with van der Waals surface area (Å²) in [4.78, 5) is 30.2. The van der Waals surface area contributed by atoms with Gasteiger partial charge < -0.3 is 9.47 Å². The number of imide groups is 1. The first-order valence-corrected chi connectivity index (χ1v) is 7.38. The summed E-state index contributed by atoms with van der Waals surface area (Å²) >= 11 is 0. The molecule has 116 valence electrons. The number of hydrogen-bond acceptors (Lipinski definition) is 5. The van der Waals surface area contributed by atoms with E-state index in [1.807, 2.05) is 12.1 Å². The number of benzene rings is 1. The van der Waals surface area contributed by atoms with Gasteiger partial charge in [0.15, 0.2) is 11.5 Å². The van der Waals surface area contributed by atoms with Crippen molar-refractivity contribution in [3.05, 3.63) is 48.3 Å². The molecule has 0 aliphatic carbocycles. The average molecular weight is 310 g/mol. The standard InChI is InChI=1S/C17H14N2O4/c20-16-7-12(6-11-2-1-5-18-9-11)17(21)19(16)13-3-4-14-15(8-13)23-10-22-14/h1-5,8-9,12H,6-7,10H2. The predicted octanol–water partition coefficient (Wildman–Crippen LogP) is 1.93. The number of aromatic nitrogens is 1. The van der Waals surface area contributed by atoms with Crippen LogP contribution in [-0.4, -0.2) is 23.6 Å². The van der Waals surface area contributed by atoms with E-state index in [0.29, 0.717) is 23.6 Å². The van der Waals surface area contributed by atoms with Crippen LogP contribution in [0.3, 0.4) is 0 Å². The van der Waals surface area contributed by atoms with Crippen LogP contribution in [0, 0.1) is 5.92 Å². The fraction of sp³-hybridized carbons (Fsp3) is 0.235. The van der Waals surface area contributed by atoms with E-state index in [0.717, 1.165) is 5.56 Å². The third-order valence-electron chi connectivity index (χ3n) is 4.06. The molecule has 0 bridgehead atoms. The second-order valence-corrected chi connectivity index (χ2v) is 5.57. The maximum Gasteiger partial charge on any atom is 0.237 e. The lowest BCUT2D eigenvalue weighted by Crippen LogP contribution is -2.30. The molecule has 0 saturated carbocycles. The second kappa shape index (κ2) is 5.39. The quantitative estimate of drug-likeness (QED) is 0.810. The fourth-order valence-corrected chi connectivity index (χ4v) is 2.95. The van der Waals surface area contributed by atoms with E-state index in [4.69, 9.17) is 9.47 Å². The van der Waals surface area contributed by atoms with E-state index in [-0.39, 0.29) is 30.9 Å². The maximum atomic E-state index is 12.6. The van der Waals surface area contributed by atoms with Gasteiger partial charge in [0, 0.05) is 24.9 Å². The number of rotatable bonds is 3. The minimum atomic E-state index is -0.350. The van der Waals surface area contributed by atoms with Crippen molar-refractivity contribution < 1.29 is 19.1 Å². The Morgan fingerprint density at radius 3 is 2.87 bits per heavy atom. The zero-order valence-corrected chi connectivity index (χ0v) is 12.3. The van der Waals surface area contributed by atoms with Gasteiger partial charge in [0.2, 0.25) is 18.6 Å². The number of fused-ring (bicyclic) bond motifs is 1. The molecule has 0 radical (unpaired) electrons. The number of pyridine rings is 1. The maximum absolute atomic E-state index is 12.6. The highest BCUT2D eigenvalue weighted by Crippen LogP contribution is 2.37. The van der Waals surface area contributed by atoms with Crippen molar-refractivity contribution in [3.8, 4) is 11.5 Å². The molecule has 2 amide bonds. The Labute approximate surface area is 132 Å². The van der Waals surface area contributed by atoms with Crippen molar-refractivity contribution in [2.24, 2.45) is 5.92 Å². The monoisotopic (exact) mass is 310 g/mol.